The van der Waals surface area contributed by atoms with E-state index in [2.05, 4.69) is 10.5 Å². The zero-order valence-corrected chi connectivity index (χ0v) is 20.3. The molecule has 1 N–H and O–H groups in total. The van der Waals surface area contributed by atoms with Crippen molar-refractivity contribution in [2.45, 2.75) is 13.8 Å². The Morgan fingerprint density at radius 3 is 2.42 bits per heavy atom. The number of hydrogen-bond acceptors (Lipinski definition) is 4. The second-order valence-corrected chi connectivity index (χ2v) is 10.0. The van der Waals surface area contributed by atoms with E-state index in [9.17, 15) is 17.6 Å². The highest BCUT2D eigenvalue weighted by atomic mass is 35.5. The number of amides is 1. The lowest BCUT2D eigenvalue weighted by atomic mass is 10.2. The van der Waals surface area contributed by atoms with E-state index in [0.717, 1.165) is 45.3 Å². The Bertz CT molecular complexity index is 1320. The van der Waals surface area contributed by atoms with Crippen LogP contribution in [0, 0.1) is 19.7 Å². The monoisotopic (exact) mass is 510 g/mol. The fourth-order valence-electron chi connectivity index (χ4n) is 3.30. The molecule has 174 valence electrons. The molecule has 11 heteroatoms. The normalized spacial score (nSPS) is 11.7. The number of nitrogens with zero attached hydrogens (tertiary/aromatic N) is 3. The van der Waals surface area contributed by atoms with Gasteiger partial charge in [-0.2, -0.15) is 5.10 Å². The first-order valence-electron chi connectivity index (χ1n) is 9.67. The Kier molecular flexibility index (Phi) is 7.46. The molecule has 2 aromatic carbocycles. The highest BCUT2D eigenvalue weighted by Crippen LogP contribution is 2.28. The summed E-state index contributed by atoms with van der Waals surface area (Å²) in [6.07, 6.45) is 2.42. The minimum absolute atomic E-state index is 0.168. The van der Waals surface area contributed by atoms with E-state index in [4.69, 9.17) is 23.2 Å². The van der Waals surface area contributed by atoms with Crippen LogP contribution in [0.2, 0.25) is 10.0 Å². The van der Waals surface area contributed by atoms with Crippen LogP contribution in [0.3, 0.4) is 0 Å². The quantitative estimate of drug-likeness (QED) is 0.376. The molecule has 0 aliphatic carbocycles. The molecule has 0 saturated heterocycles. The lowest BCUT2D eigenvalue weighted by molar-refractivity contribution is -0.119. The van der Waals surface area contributed by atoms with Gasteiger partial charge in [0.15, 0.2) is 0 Å². The van der Waals surface area contributed by atoms with Crippen LogP contribution in [0.5, 0.6) is 0 Å². The molecule has 0 bridgehead atoms. The minimum atomic E-state index is -3.78. The van der Waals surface area contributed by atoms with Crippen LogP contribution in [0.4, 0.5) is 10.1 Å². The number of halogens is 3. The van der Waals surface area contributed by atoms with E-state index < -0.39 is 28.3 Å². The summed E-state index contributed by atoms with van der Waals surface area (Å²) < 4.78 is 40.2. The molecule has 0 radical (unpaired) electrons. The Labute approximate surface area is 201 Å². The summed E-state index contributed by atoms with van der Waals surface area (Å²) in [6.45, 7) is 3.27. The van der Waals surface area contributed by atoms with Gasteiger partial charge >= 0.3 is 0 Å². The van der Waals surface area contributed by atoms with E-state index in [-0.39, 0.29) is 5.69 Å². The fourth-order valence-corrected chi connectivity index (χ4v) is 4.65. The first-order valence-corrected chi connectivity index (χ1v) is 12.3. The number of anilines is 1. The summed E-state index contributed by atoms with van der Waals surface area (Å²) in [5.41, 5.74) is 5.71. The SMILES string of the molecule is Cc1cc(/C=N\NC(=O)CN(c2ccc(F)cc2)S(C)(=O)=O)c(C)n1-c1ccc(Cl)cc1Cl. The molecule has 0 atom stereocenters. The van der Waals surface area contributed by atoms with Gasteiger partial charge in [0.1, 0.15) is 12.4 Å². The van der Waals surface area contributed by atoms with Crippen molar-refractivity contribution in [3.05, 3.63) is 81.3 Å². The van der Waals surface area contributed by atoms with Crippen LogP contribution in [0.25, 0.3) is 5.69 Å². The van der Waals surface area contributed by atoms with Crippen molar-refractivity contribution in [3.63, 3.8) is 0 Å². The summed E-state index contributed by atoms with van der Waals surface area (Å²) in [5, 5.41) is 4.97. The van der Waals surface area contributed by atoms with Crippen LogP contribution in [0.1, 0.15) is 17.0 Å². The van der Waals surface area contributed by atoms with Crippen molar-refractivity contribution >= 4 is 51.0 Å². The van der Waals surface area contributed by atoms with Gasteiger partial charge in [0, 0.05) is 22.0 Å². The molecule has 1 aromatic heterocycles. The van der Waals surface area contributed by atoms with Crippen LogP contribution < -0.4 is 9.73 Å². The zero-order chi connectivity index (χ0) is 24.3. The number of sulfonamides is 1. The van der Waals surface area contributed by atoms with Crippen LogP contribution in [-0.2, 0) is 14.8 Å². The molecular formula is C22H21Cl2FN4O3S. The predicted octanol–water partition coefficient (Wildman–Crippen LogP) is 4.46. The number of carbonyl (C=O) groups excluding carboxylic acids is 1. The minimum Gasteiger partial charge on any atom is -0.316 e. The van der Waals surface area contributed by atoms with E-state index in [1.165, 1.54) is 18.3 Å². The second-order valence-electron chi connectivity index (χ2n) is 7.30. The third kappa shape index (κ3) is 5.93. The molecule has 0 aliphatic heterocycles. The predicted molar refractivity (Wildman–Crippen MR) is 130 cm³/mol. The number of nitrogens with one attached hydrogen (secondary N) is 1. The number of aryl methyl sites for hydroxylation is 1. The van der Waals surface area contributed by atoms with Gasteiger partial charge in [0.25, 0.3) is 5.91 Å². The first-order chi connectivity index (χ1) is 15.5. The molecule has 3 aromatic rings. The molecule has 0 fully saturated rings. The summed E-state index contributed by atoms with van der Waals surface area (Å²) in [5.74, 6) is -1.17. The maximum atomic E-state index is 13.2. The largest absolute Gasteiger partial charge is 0.316 e. The summed E-state index contributed by atoms with van der Waals surface area (Å²) in [4.78, 5) is 12.3. The zero-order valence-electron chi connectivity index (χ0n) is 18.0. The van der Waals surface area contributed by atoms with Crippen molar-refractivity contribution in [1.82, 2.24) is 9.99 Å². The van der Waals surface area contributed by atoms with Gasteiger partial charge in [-0.15, -0.1) is 0 Å². The topological polar surface area (TPSA) is 83.8 Å². The first kappa shape index (κ1) is 24.8. The van der Waals surface area contributed by atoms with Crippen molar-refractivity contribution in [2.24, 2.45) is 5.10 Å². The third-order valence-electron chi connectivity index (χ3n) is 4.82. The van der Waals surface area contributed by atoms with Crippen molar-refractivity contribution in [2.75, 3.05) is 17.1 Å². The van der Waals surface area contributed by atoms with Crippen molar-refractivity contribution in [1.29, 1.82) is 0 Å². The summed E-state index contributed by atoms with van der Waals surface area (Å²) >= 11 is 12.3. The Hall–Kier alpha value is -2.88. The van der Waals surface area contributed by atoms with E-state index in [1.807, 2.05) is 30.5 Å². The number of hydrogen-bond donors (Lipinski definition) is 1. The molecule has 0 saturated carbocycles. The number of aromatic nitrogens is 1. The molecular weight excluding hydrogens is 490 g/mol. The number of rotatable bonds is 7. The average Bonchev–Trinajstić information content (AvgIpc) is 3.00. The fraction of sp³-hybridized carbons (Fsp3) is 0.182. The molecule has 1 amide bonds. The van der Waals surface area contributed by atoms with E-state index in [1.54, 1.807) is 12.1 Å². The summed E-state index contributed by atoms with van der Waals surface area (Å²) in [6, 6.07) is 11.9. The maximum Gasteiger partial charge on any atom is 0.260 e. The smallest absolute Gasteiger partial charge is 0.260 e. The Morgan fingerprint density at radius 2 is 1.82 bits per heavy atom. The average molecular weight is 511 g/mol. The van der Waals surface area contributed by atoms with Gasteiger partial charge in [-0.25, -0.2) is 18.2 Å². The maximum absolute atomic E-state index is 13.2. The van der Waals surface area contributed by atoms with E-state index in [0.29, 0.717) is 10.0 Å². The standard InChI is InChI=1S/C22H21Cl2FN4O3S/c1-14-10-16(15(2)29(14)21-9-4-17(23)11-20(21)24)12-26-27-22(30)13-28(33(3,31)32)19-7-5-18(25)6-8-19/h4-12H,13H2,1-3H3,(H,27,30)/b26-12-. The van der Waals surface area contributed by atoms with Crippen molar-refractivity contribution in [3.8, 4) is 5.69 Å². The Morgan fingerprint density at radius 1 is 1.15 bits per heavy atom. The number of carbonyl (C=O) groups is 1. The lowest BCUT2D eigenvalue weighted by Crippen LogP contribution is -2.39. The van der Waals surface area contributed by atoms with E-state index >= 15 is 0 Å². The van der Waals surface area contributed by atoms with Gasteiger partial charge in [0.2, 0.25) is 10.0 Å². The van der Waals surface area contributed by atoms with Crippen molar-refractivity contribution < 1.29 is 17.6 Å². The highest BCUT2D eigenvalue weighted by Gasteiger charge is 2.21. The van der Waals surface area contributed by atoms with Gasteiger partial charge in [-0.05, 0) is 62.4 Å². The van der Waals surface area contributed by atoms with Crippen LogP contribution in [0.15, 0.2) is 53.6 Å². The van der Waals surface area contributed by atoms with Gasteiger partial charge < -0.3 is 4.57 Å². The number of benzene rings is 2. The summed E-state index contributed by atoms with van der Waals surface area (Å²) in [7, 11) is -3.78. The molecule has 3 rings (SSSR count). The molecule has 7 nitrogen and oxygen atoms in total. The molecule has 33 heavy (non-hydrogen) atoms. The molecule has 1 heterocycles. The van der Waals surface area contributed by atoms with Crippen LogP contribution >= 0.6 is 23.2 Å². The molecule has 0 unspecified atom stereocenters. The van der Waals surface area contributed by atoms with Gasteiger partial charge in [0.05, 0.1) is 28.9 Å². The van der Waals surface area contributed by atoms with Crippen LogP contribution in [-0.4, -0.2) is 37.9 Å². The Balaban J connectivity index is 1.75. The second kappa shape index (κ2) is 9.94. The lowest BCUT2D eigenvalue weighted by Gasteiger charge is -2.21. The molecule has 0 aliphatic rings. The third-order valence-corrected chi connectivity index (χ3v) is 6.49. The number of hydrazone groups is 1. The van der Waals surface area contributed by atoms with Gasteiger partial charge in [-0.1, -0.05) is 23.2 Å². The van der Waals surface area contributed by atoms with Gasteiger partial charge in [-0.3, -0.25) is 9.10 Å². The molecule has 0 spiro atoms. The highest BCUT2D eigenvalue weighted by molar-refractivity contribution is 7.92.